The van der Waals surface area contributed by atoms with Crippen LogP contribution in [0.25, 0.3) is 0 Å². The van der Waals surface area contributed by atoms with Gasteiger partial charge in [0.2, 0.25) is 10.0 Å². The number of aliphatic hydroxyl groups is 1. The van der Waals surface area contributed by atoms with Crippen molar-refractivity contribution in [1.29, 1.82) is 0 Å². The molecule has 1 aliphatic rings. The number of rotatable bonds is 8. The summed E-state index contributed by atoms with van der Waals surface area (Å²) in [6, 6.07) is 0.0672. The SMILES string of the molecule is CCOCCS(=O)(=O)N(CCO)C1CCCCC1. The third-order valence-corrected chi connectivity index (χ3v) is 5.23. The monoisotopic (exact) mass is 279 g/mol. The molecule has 0 saturated heterocycles. The van der Waals surface area contributed by atoms with Gasteiger partial charge in [-0.1, -0.05) is 19.3 Å². The topological polar surface area (TPSA) is 66.8 Å². The Morgan fingerprint density at radius 3 is 2.50 bits per heavy atom. The Morgan fingerprint density at radius 1 is 1.28 bits per heavy atom. The van der Waals surface area contributed by atoms with Gasteiger partial charge in [-0.05, 0) is 19.8 Å². The zero-order chi connectivity index (χ0) is 13.4. The number of ether oxygens (including phenoxy) is 1. The van der Waals surface area contributed by atoms with Crippen LogP contribution in [0.5, 0.6) is 0 Å². The van der Waals surface area contributed by atoms with Gasteiger partial charge in [0.1, 0.15) is 0 Å². The lowest BCUT2D eigenvalue weighted by atomic mass is 9.95. The fraction of sp³-hybridized carbons (Fsp3) is 1.00. The van der Waals surface area contributed by atoms with E-state index >= 15 is 0 Å². The summed E-state index contributed by atoms with van der Waals surface area (Å²) in [4.78, 5) is 0. The van der Waals surface area contributed by atoms with Gasteiger partial charge in [0, 0.05) is 19.2 Å². The molecule has 0 radical (unpaired) electrons. The largest absolute Gasteiger partial charge is 0.395 e. The Bertz CT molecular complexity index is 312. The molecule has 5 nitrogen and oxygen atoms in total. The molecule has 0 unspecified atom stereocenters. The number of sulfonamides is 1. The van der Waals surface area contributed by atoms with Crippen molar-refractivity contribution in [3.8, 4) is 0 Å². The molecular weight excluding hydrogens is 254 g/mol. The van der Waals surface area contributed by atoms with Gasteiger partial charge in [0.25, 0.3) is 0 Å². The van der Waals surface area contributed by atoms with Crippen LogP contribution < -0.4 is 0 Å². The van der Waals surface area contributed by atoms with E-state index in [2.05, 4.69) is 0 Å². The van der Waals surface area contributed by atoms with Crippen LogP contribution in [0.1, 0.15) is 39.0 Å². The van der Waals surface area contributed by atoms with Gasteiger partial charge < -0.3 is 9.84 Å². The molecule has 0 aromatic heterocycles. The Labute approximate surface area is 110 Å². The summed E-state index contributed by atoms with van der Waals surface area (Å²) < 4.78 is 31.1. The maximum atomic E-state index is 12.2. The van der Waals surface area contributed by atoms with Gasteiger partial charge in [0.15, 0.2) is 0 Å². The van der Waals surface area contributed by atoms with E-state index in [1.165, 1.54) is 10.7 Å². The molecule has 0 heterocycles. The molecule has 108 valence electrons. The minimum Gasteiger partial charge on any atom is -0.395 e. The van der Waals surface area contributed by atoms with Gasteiger partial charge in [-0.2, -0.15) is 4.31 Å². The summed E-state index contributed by atoms with van der Waals surface area (Å²) in [5.74, 6) is 0.0112. The second-order valence-electron chi connectivity index (χ2n) is 4.64. The molecule has 0 aromatic carbocycles. The lowest BCUT2D eigenvalue weighted by Crippen LogP contribution is -2.44. The highest BCUT2D eigenvalue weighted by Crippen LogP contribution is 2.24. The molecule has 1 saturated carbocycles. The van der Waals surface area contributed by atoms with Crippen LogP contribution in [0.3, 0.4) is 0 Å². The highest BCUT2D eigenvalue weighted by atomic mass is 32.2. The first-order chi connectivity index (χ1) is 8.61. The molecule has 0 aromatic rings. The Kier molecular flexibility index (Phi) is 7.14. The van der Waals surface area contributed by atoms with Crippen LogP contribution in [0.4, 0.5) is 0 Å². The third-order valence-electron chi connectivity index (χ3n) is 3.35. The standard InChI is InChI=1S/C12H25NO4S/c1-2-17-10-11-18(15,16)13(8-9-14)12-6-4-3-5-7-12/h12,14H,2-11H2,1H3. The van der Waals surface area contributed by atoms with Gasteiger partial charge in [-0.15, -0.1) is 0 Å². The van der Waals surface area contributed by atoms with E-state index in [0.717, 1.165) is 25.7 Å². The average molecular weight is 279 g/mol. The van der Waals surface area contributed by atoms with Crippen LogP contribution in [0, 0.1) is 0 Å². The molecular formula is C12H25NO4S. The van der Waals surface area contributed by atoms with Crippen molar-refractivity contribution in [1.82, 2.24) is 4.31 Å². The normalized spacial score (nSPS) is 18.4. The Morgan fingerprint density at radius 2 is 1.94 bits per heavy atom. The Hall–Kier alpha value is -0.170. The smallest absolute Gasteiger partial charge is 0.216 e. The summed E-state index contributed by atoms with van der Waals surface area (Å²) >= 11 is 0. The molecule has 1 aliphatic carbocycles. The van der Waals surface area contributed by atoms with Crippen LogP contribution in [-0.2, 0) is 14.8 Å². The molecule has 18 heavy (non-hydrogen) atoms. The fourth-order valence-corrected chi connectivity index (χ4v) is 4.03. The van der Waals surface area contributed by atoms with Gasteiger partial charge in [-0.25, -0.2) is 8.42 Å². The summed E-state index contributed by atoms with van der Waals surface area (Å²) in [7, 11) is -3.31. The van der Waals surface area contributed by atoms with Gasteiger partial charge >= 0.3 is 0 Å². The Balaban J connectivity index is 2.63. The van der Waals surface area contributed by atoms with Crippen LogP contribution >= 0.6 is 0 Å². The first kappa shape index (κ1) is 15.9. The van der Waals surface area contributed by atoms with Crippen molar-refractivity contribution in [2.24, 2.45) is 0 Å². The molecule has 0 aliphatic heterocycles. The second kappa shape index (κ2) is 8.09. The van der Waals surface area contributed by atoms with E-state index in [0.29, 0.717) is 6.61 Å². The lowest BCUT2D eigenvalue weighted by Gasteiger charge is -2.33. The van der Waals surface area contributed by atoms with Crippen molar-refractivity contribution in [2.45, 2.75) is 45.1 Å². The highest BCUT2D eigenvalue weighted by Gasteiger charge is 2.30. The highest BCUT2D eigenvalue weighted by molar-refractivity contribution is 7.89. The van der Waals surface area contributed by atoms with E-state index < -0.39 is 10.0 Å². The number of nitrogens with zero attached hydrogens (tertiary/aromatic N) is 1. The van der Waals surface area contributed by atoms with E-state index in [1.807, 2.05) is 6.92 Å². The number of aliphatic hydroxyl groups excluding tert-OH is 1. The van der Waals surface area contributed by atoms with Crippen molar-refractivity contribution >= 4 is 10.0 Å². The molecule has 6 heteroatoms. The van der Waals surface area contributed by atoms with E-state index in [1.54, 1.807) is 0 Å². The molecule has 1 fully saturated rings. The van der Waals surface area contributed by atoms with E-state index in [4.69, 9.17) is 9.84 Å². The zero-order valence-corrected chi connectivity index (χ0v) is 12.0. The molecule has 0 bridgehead atoms. The third kappa shape index (κ3) is 4.84. The average Bonchev–Trinajstić information content (AvgIpc) is 2.37. The summed E-state index contributed by atoms with van der Waals surface area (Å²) in [5, 5.41) is 9.06. The first-order valence-corrected chi connectivity index (χ1v) is 8.41. The molecule has 1 rings (SSSR count). The molecule has 0 spiro atoms. The summed E-state index contributed by atoms with van der Waals surface area (Å²) in [5.41, 5.74) is 0. The van der Waals surface area contributed by atoms with Crippen molar-refractivity contribution in [3.63, 3.8) is 0 Å². The maximum absolute atomic E-state index is 12.2. The minimum atomic E-state index is -3.31. The minimum absolute atomic E-state index is 0.0112. The second-order valence-corrected chi connectivity index (χ2v) is 6.68. The van der Waals surface area contributed by atoms with Crippen molar-refractivity contribution in [2.75, 3.05) is 32.1 Å². The van der Waals surface area contributed by atoms with E-state index in [-0.39, 0.29) is 31.6 Å². The quantitative estimate of drug-likeness (QED) is 0.673. The lowest BCUT2D eigenvalue weighted by molar-refractivity contribution is 0.159. The van der Waals surface area contributed by atoms with Crippen molar-refractivity contribution < 1.29 is 18.3 Å². The van der Waals surface area contributed by atoms with Gasteiger partial charge in [-0.3, -0.25) is 0 Å². The predicted molar refractivity (Wildman–Crippen MR) is 70.9 cm³/mol. The fourth-order valence-electron chi connectivity index (χ4n) is 2.44. The van der Waals surface area contributed by atoms with Gasteiger partial charge in [0.05, 0.1) is 19.0 Å². The number of hydrogen-bond acceptors (Lipinski definition) is 4. The first-order valence-electron chi connectivity index (χ1n) is 6.80. The maximum Gasteiger partial charge on any atom is 0.216 e. The molecule has 0 amide bonds. The molecule has 1 N–H and O–H groups in total. The molecule has 0 atom stereocenters. The predicted octanol–water partition coefficient (Wildman–Crippen LogP) is 0.980. The van der Waals surface area contributed by atoms with E-state index in [9.17, 15) is 8.42 Å². The van der Waals surface area contributed by atoms with Crippen LogP contribution in [0.15, 0.2) is 0 Å². The zero-order valence-electron chi connectivity index (χ0n) is 11.2. The van der Waals surface area contributed by atoms with Crippen LogP contribution in [-0.4, -0.2) is 56.0 Å². The number of hydrogen-bond donors (Lipinski definition) is 1. The summed E-state index contributed by atoms with van der Waals surface area (Å²) in [6.07, 6.45) is 5.16. The van der Waals surface area contributed by atoms with Crippen molar-refractivity contribution in [3.05, 3.63) is 0 Å². The summed E-state index contributed by atoms with van der Waals surface area (Å²) in [6.45, 7) is 2.69. The van der Waals surface area contributed by atoms with Crippen LogP contribution in [0.2, 0.25) is 0 Å².